The zero-order valence-electron chi connectivity index (χ0n) is 16.7. The lowest BCUT2D eigenvalue weighted by Gasteiger charge is -2.43. The zero-order valence-corrected chi connectivity index (χ0v) is 18.4. The number of nitrogens with zero attached hydrogens (tertiary/aromatic N) is 2. The first-order valence-electron chi connectivity index (χ1n) is 10.6. The van der Waals surface area contributed by atoms with Crippen molar-refractivity contribution in [2.24, 2.45) is 0 Å². The molecule has 2 fully saturated rings. The summed E-state index contributed by atoms with van der Waals surface area (Å²) < 4.78 is 0. The quantitative estimate of drug-likeness (QED) is 0.685. The summed E-state index contributed by atoms with van der Waals surface area (Å²) in [5, 5.41) is 9.87. The Kier molecular flexibility index (Phi) is 7.95. The number of benzene rings is 2. The summed E-state index contributed by atoms with van der Waals surface area (Å²) in [4.78, 5) is 5.39. The minimum absolute atomic E-state index is 0. The minimum Gasteiger partial charge on any atom is -0.508 e. The van der Waals surface area contributed by atoms with Crippen LogP contribution in [0.3, 0.4) is 0 Å². The van der Waals surface area contributed by atoms with Gasteiger partial charge in [-0.25, -0.2) is 0 Å². The molecule has 0 aromatic heterocycles. The van der Waals surface area contributed by atoms with Gasteiger partial charge < -0.3 is 5.11 Å². The number of halogens is 1. The van der Waals surface area contributed by atoms with Crippen molar-refractivity contribution in [1.29, 1.82) is 0 Å². The third-order valence-corrected chi connectivity index (χ3v) is 6.40. The maximum Gasteiger partial charge on any atom is 0.115 e. The Bertz CT molecular complexity index is 710. The molecule has 4 rings (SSSR count). The van der Waals surface area contributed by atoms with Crippen LogP contribution in [0.1, 0.15) is 49.3 Å². The van der Waals surface area contributed by atoms with Crippen LogP contribution in [-0.2, 0) is 6.42 Å². The molecule has 0 bridgehead atoms. The molecule has 2 aliphatic rings. The van der Waals surface area contributed by atoms with Crippen LogP contribution in [0, 0.1) is 0 Å². The first-order chi connectivity index (χ1) is 13.3. The second kappa shape index (κ2) is 10.4. The van der Waals surface area contributed by atoms with Gasteiger partial charge in [-0.15, -0.1) is 17.0 Å². The van der Waals surface area contributed by atoms with E-state index in [9.17, 15) is 5.11 Å². The normalized spacial score (nSPS) is 20.4. The summed E-state index contributed by atoms with van der Waals surface area (Å²) in [6.45, 7) is 4.64. The van der Waals surface area contributed by atoms with Gasteiger partial charge in [0.15, 0.2) is 0 Å². The van der Waals surface area contributed by atoms with Gasteiger partial charge in [0.1, 0.15) is 5.75 Å². The summed E-state index contributed by atoms with van der Waals surface area (Å²) in [6, 6.07) is 19.8. The first-order valence-corrected chi connectivity index (χ1v) is 10.6. The molecule has 0 spiro atoms. The number of hydrogen-bond acceptors (Lipinski definition) is 3. The minimum atomic E-state index is 0. The Morgan fingerprint density at radius 3 is 2.25 bits per heavy atom. The molecule has 2 aromatic rings. The van der Waals surface area contributed by atoms with Crippen LogP contribution >= 0.6 is 17.0 Å². The largest absolute Gasteiger partial charge is 0.508 e. The molecular weight excluding hydrogens is 412 g/mol. The van der Waals surface area contributed by atoms with Crippen molar-refractivity contribution in [3.05, 3.63) is 65.7 Å². The second-order valence-corrected chi connectivity index (χ2v) is 8.16. The molecule has 1 atom stereocenters. The molecule has 1 aliphatic heterocycles. The van der Waals surface area contributed by atoms with Crippen LogP contribution in [0.15, 0.2) is 54.6 Å². The summed E-state index contributed by atoms with van der Waals surface area (Å²) in [5.74, 6) is 0.362. The van der Waals surface area contributed by atoms with Crippen molar-refractivity contribution in [3.8, 4) is 5.75 Å². The van der Waals surface area contributed by atoms with E-state index < -0.39 is 0 Å². The number of piperazine rings is 1. The van der Waals surface area contributed by atoms with Gasteiger partial charge in [-0.2, -0.15) is 0 Å². The van der Waals surface area contributed by atoms with Gasteiger partial charge in [0, 0.05) is 38.3 Å². The average molecular weight is 445 g/mol. The molecule has 1 unspecified atom stereocenters. The summed E-state index contributed by atoms with van der Waals surface area (Å²) >= 11 is 0. The molecule has 1 heterocycles. The molecule has 1 aliphatic carbocycles. The van der Waals surface area contributed by atoms with E-state index in [-0.39, 0.29) is 17.0 Å². The fourth-order valence-electron chi connectivity index (χ4n) is 4.90. The van der Waals surface area contributed by atoms with E-state index in [1.54, 1.807) is 6.07 Å². The molecule has 28 heavy (non-hydrogen) atoms. The predicted molar refractivity (Wildman–Crippen MR) is 121 cm³/mol. The molecule has 4 heteroatoms. The highest BCUT2D eigenvalue weighted by atomic mass is 79.9. The summed E-state index contributed by atoms with van der Waals surface area (Å²) in [7, 11) is 0. The van der Waals surface area contributed by atoms with Crippen LogP contribution in [0.5, 0.6) is 5.75 Å². The van der Waals surface area contributed by atoms with Crippen molar-refractivity contribution >= 4 is 17.0 Å². The van der Waals surface area contributed by atoms with Crippen LogP contribution in [0.2, 0.25) is 0 Å². The smallest absolute Gasteiger partial charge is 0.115 e. The maximum atomic E-state index is 9.87. The molecule has 152 valence electrons. The number of rotatable bonds is 5. The topological polar surface area (TPSA) is 26.7 Å². The van der Waals surface area contributed by atoms with E-state index in [2.05, 4.69) is 46.2 Å². The van der Waals surface area contributed by atoms with Crippen molar-refractivity contribution in [3.63, 3.8) is 0 Å². The third kappa shape index (κ3) is 5.37. The van der Waals surface area contributed by atoms with Gasteiger partial charge in [-0.3, -0.25) is 9.80 Å². The van der Waals surface area contributed by atoms with Gasteiger partial charge in [0.25, 0.3) is 0 Å². The highest BCUT2D eigenvalue weighted by molar-refractivity contribution is 8.93. The van der Waals surface area contributed by atoms with Crippen LogP contribution in [0.25, 0.3) is 0 Å². The number of phenolic OH excluding ortho intramolecular Hbond substituents is 1. The van der Waals surface area contributed by atoms with Crippen molar-refractivity contribution in [1.82, 2.24) is 9.80 Å². The highest BCUT2D eigenvalue weighted by Crippen LogP contribution is 2.29. The maximum absolute atomic E-state index is 9.87. The summed E-state index contributed by atoms with van der Waals surface area (Å²) in [5.41, 5.74) is 2.59. The molecule has 1 saturated heterocycles. The van der Waals surface area contributed by atoms with Crippen LogP contribution in [0.4, 0.5) is 0 Å². The molecule has 1 N–H and O–H groups in total. The Morgan fingerprint density at radius 1 is 0.857 bits per heavy atom. The van der Waals surface area contributed by atoms with Gasteiger partial charge in [0.2, 0.25) is 0 Å². The second-order valence-electron chi connectivity index (χ2n) is 8.16. The Morgan fingerprint density at radius 2 is 1.57 bits per heavy atom. The third-order valence-electron chi connectivity index (χ3n) is 6.40. The van der Waals surface area contributed by atoms with E-state index in [0.717, 1.165) is 25.6 Å². The molecule has 0 amide bonds. The van der Waals surface area contributed by atoms with Crippen molar-refractivity contribution in [2.45, 2.75) is 50.6 Å². The van der Waals surface area contributed by atoms with E-state index in [1.807, 2.05) is 12.1 Å². The van der Waals surface area contributed by atoms with Gasteiger partial charge in [-0.05, 0) is 42.5 Å². The highest BCUT2D eigenvalue weighted by Gasteiger charge is 2.29. The molecule has 1 saturated carbocycles. The predicted octanol–water partition coefficient (Wildman–Crippen LogP) is 5.20. The van der Waals surface area contributed by atoms with Crippen LogP contribution in [-0.4, -0.2) is 47.1 Å². The number of phenols is 1. The number of aromatic hydroxyl groups is 1. The average Bonchev–Trinajstić information content (AvgIpc) is 2.74. The fraction of sp³-hybridized carbons (Fsp3) is 0.500. The van der Waals surface area contributed by atoms with Crippen molar-refractivity contribution in [2.75, 3.05) is 26.2 Å². The lowest BCUT2D eigenvalue weighted by atomic mass is 9.93. The van der Waals surface area contributed by atoms with Crippen molar-refractivity contribution < 1.29 is 5.11 Å². The van der Waals surface area contributed by atoms with Crippen LogP contribution < -0.4 is 0 Å². The molecule has 2 aromatic carbocycles. The fourth-order valence-corrected chi connectivity index (χ4v) is 4.90. The first kappa shape index (κ1) is 21.4. The monoisotopic (exact) mass is 444 g/mol. The summed E-state index contributed by atoms with van der Waals surface area (Å²) in [6.07, 6.45) is 7.99. The molecular formula is C24H33BrN2O. The SMILES string of the molecule is Br.Oc1cccc(CC(c2ccccc2)N2CCN(C3CCCCC3)CC2)c1. The lowest BCUT2D eigenvalue weighted by Crippen LogP contribution is -2.51. The Balaban J connectivity index is 0.00000225. The number of hydrogen-bond donors (Lipinski definition) is 1. The van der Waals surface area contributed by atoms with E-state index in [0.29, 0.717) is 11.8 Å². The van der Waals surface area contributed by atoms with Gasteiger partial charge in [-0.1, -0.05) is 61.7 Å². The van der Waals surface area contributed by atoms with Gasteiger partial charge >= 0.3 is 0 Å². The van der Waals surface area contributed by atoms with Gasteiger partial charge in [0.05, 0.1) is 0 Å². The Labute approximate surface area is 180 Å². The van der Waals surface area contributed by atoms with E-state index in [4.69, 9.17) is 0 Å². The zero-order chi connectivity index (χ0) is 18.5. The van der Waals surface area contributed by atoms with E-state index >= 15 is 0 Å². The Hall–Kier alpha value is -1.36. The lowest BCUT2D eigenvalue weighted by molar-refractivity contribution is 0.0559. The molecule has 0 radical (unpaired) electrons. The standard InChI is InChI=1S/C24H32N2O.BrH/c27-23-13-7-8-20(18-23)19-24(21-9-3-1-4-10-21)26-16-14-25(15-17-26)22-11-5-2-6-12-22;/h1,3-4,7-10,13,18,22,24,27H,2,5-6,11-12,14-17,19H2;1H. The van der Waals surface area contributed by atoms with E-state index in [1.165, 1.54) is 56.3 Å². The molecule has 3 nitrogen and oxygen atoms in total.